The minimum absolute atomic E-state index is 0.330. The molecule has 3 heteroatoms. The van der Waals surface area contributed by atoms with E-state index in [0.717, 1.165) is 38.5 Å². The van der Waals surface area contributed by atoms with Crippen LogP contribution in [0.4, 0.5) is 0 Å². The Hall–Kier alpha value is -1.43. The molecule has 2 N–H and O–H groups in total. The van der Waals surface area contributed by atoms with Crippen LogP contribution in [-0.4, -0.2) is 15.8 Å². The van der Waals surface area contributed by atoms with Crippen molar-refractivity contribution in [3.05, 3.63) is 40.4 Å². The Morgan fingerprint density at radius 1 is 1.36 bits per heavy atom. The minimum Gasteiger partial charge on any atom is -0.508 e. The topological polar surface area (TPSA) is 40.5 Å². The molecule has 0 aliphatic heterocycles. The lowest BCUT2D eigenvalue weighted by molar-refractivity contribution is -0.107. The standard InChI is InChI=1S/C22H25ClO2/c1-3-21-12-11-17-16-8-6-15(24)13-14(16)5-7-18(17)19(21)9-10-20(23)22(21,25)4-2/h2,6,8,10,13,17-19,24-25H,3,5,7,9,11-12H2,1H3/t17-,18-,19+,21+,22+/m1/s1. The number of phenolic OH excluding ortho intramolecular Hbond substituents is 1. The van der Waals surface area contributed by atoms with Crippen molar-refractivity contribution in [1.29, 1.82) is 0 Å². The molecule has 1 aromatic rings. The van der Waals surface area contributed by atoms with Gasteiger partial charge in [0.2, 0.25) is 0 Å². The number of halogens is 1. The van der Waals surface area contributed by atoms with Gasteiger partial charge in [-0.15, -0.1) is 6.42 Å². The highest BCUT2D eigenvalue weighted by Gasteiger charge is 2.61. The van der Waals surface area contributed by atoms with Gasteiger partial charge in [0.1, 0.15) is 5.75 Å². The highest BCUT2D eigenvalue weighted by Crippen LogP contribution is 2.64. The summed E-state index contributed by atoms with van der Waals surface area (Å²) in [7, 11) is 0. The Kier molecular flexibility index (Phi) is 3.94. The molecule has 132 valence electrons. The van der Waals surface area contributed by atoms with E-state index in [1.165, 1.54) is 11.1 Å². The van der Waals surface area contributed by atoms with Gasteiger partial charge in [-0.1, -0.05) is 36.6 Å². The number of benzene rings is 1. The molecule has 0 radical (unpaired) electrons. The Bertz CT molecular complexity index is 777. The second kappa shape index (κ2) is 5.79. The quantitative estimate of drug-likeness (QED) is 0.714. The molecule has 0 saturated heterocycles. The maximum atomic E-state index is 11.3. The first kappa shape index (κ1) is 17.0. The van der Waals surface area contributed by atoms with Gasteiger partial charge in [-0.2, -0.15) is 0 Å². The number of hydrogen-bond donors (Lipinski definition) is 2. The van der Waals surface area contributed by atoms with Crippen molar-refractivity contribution in [2.45, 2.75) is 57.0 Å². The summed E-state index contributed by atoms with van der Waals surface area (Å²) >= 11 is 6.43. The van der Waals surface area contributed by atoms with E-state index in [-0.39, 0.29) is 5.41 Å². The van der Waals surface area contributed by atoms with E-state index in [9.17, 15) is 10.2 Å². The minimum atomic E-state index is -1.34. The lowest BCUT2D eigenvalue weighted by atomic mass is 9.46. The van der Waals surface area contributed by atoms with E-state index in [1.54, 1.807) is 6.07 Å². The van der Waals surface area contributed by atoms with Gasteiger partial charge in [-0.3, -0.25) is 0 Å². The number of allylic oxidation sites excluding steroid dienone is 1. The van der Waals surface area contributed by atoms with Crippen molar-refractivity contribution in [1.82, 2.24) is 0 Å². The average Bonchev–Trinajstić information content (AvgIpc) is 2.63. The lowest BCUT2D eigenvalue weighted by Gasteiger charge is -2.59. The summed E-state index contributed by atoms with van der Waals surface area (Å²) in [6, 6.07) is 5.82. The molecule has 1 aromatic carbocycles. The van der Waals surface area contributed by atoms with Crippen molar-refractivity contribution >= 4 is 11.6 Å². The van der Waals surface area contributed by atoms with Crippen LogP contribution in [0.15, 0.2) is 29.3 Å². The molecule has 1 saturated carbocycles. The highest BCUT2D eigenvalue weighted by molar-refractivity contribution is 6.31. The Labute approximate surface area is 154 Å². The van der Waals surface area contributed by atoms with Crippen LogP contribution in [0.1, 0.15) is 56.1 Å². The van der Waals surface area contributed by atoms with E-state index < -0.39 is 5.60 Å². The summed E-state index contributed by atoms with van der Waals surface area (Å²) in [5.74, 6) is 4.36. The van der Waals surface area contributed by atoms with E-state index in [1.807, 2.05) is 12.1 Å². The molecule has 1 fully saturated rings. The van der Waals surface area contributed by atoms with Crippen LogP contribution in [0.2, 0.25) is 0 Å². The van der Waals surface area contributed by atoms with Gasteiger partial charge in [-0.25, -0.2) is 0 Å². The number of fused-ring (bicyclic) bond motifs is 5. The number of terminal acetylenes is 1. The molecule has 0 unspecified atom stereocenters. The van der Waals surface area contributed by atoms with Crippen molar-refractivity contribution in [2.24, 2.45) is 17.3 Å². The van der Waals surface area contributed by atoms with Gasteiger partial charge in [-0.05, 0) is 79.5 Å². The largest absolute Gasteiger partial charge is 0.508 e. The van der Waals surface area contributed by atoms with Gasteiger partial charge < -0.3 is 10.2 Å². The van der Waals surface area contributed by atoms with Crippen LogP contribution in [0.3, 0.4) is 0 Å². The van der Waals surface area contributed by atoms with Gasteiger partial charge >= 0.3 is 0 Å². The summed E-state index contributed by atoms with van der Waals surface area (Å²) in [6.45, 7) is 2.14. The summed E-state index contributed by atoms with van der Waals surface area (Å²) < 4.78 is 0. The fourth-order valence-corrected chi connectivity index (χ4v) is 6.49. The highest BCUT2D eigenvalue weighted by atomic mass is 35.5. The number of hydrogen-bond acceptors (Lipinski definition) is 2. The first-order valence-corrected chi connectivity index (χ1v) is 9.72. The maximum Gasteiger partial charge on any atom is 0.166 e. The third-order valence-electron chi connectivity index (χ3n) is 7.37. The summed E-state index contributed by atoms with van der Waals surface area (Å²) in [5, 5.41) is 21.6. The molecule has 3 aliphatic rings. The first-order chi connectivity index (χ1) is 12.0. The van der Waals surface area contributed by atoms with Crippen LogP contribution < -0.4 is 0 Å². The monoisotopic (exact) mass is 356 g/mol. The number of aryl methyl sites for hydroxylation is 1. The molecule has 0 heterocycles. The number of aliphatic hydroxyl groups is 1. The van der Waals surface area contributed by atoms with Crippen molar-refractivity contribution < 1.29 is 10.2 Å². The van der Waals surface area contributed by atoms with Crippen molar-refractivity contribution in [3.8, 4) is 18.1 Å². The molecular formula is C22H25ClO2. The Balaban J connectivity index is 1.79. The van der Waals surface area contributed by atoms with Crippen LogP contribution in [0.5, 0.6) is 5.75 Å². The predicted molar refractivity (Wildman–Crippen MR) is 100 cm³/mol. The second-order valence-corrected chi connectivity index (χ2v) is 8.40. The van der Waals surface area contributed by atoms with Crippen LogP contribution in [0.25, 0.3) is 0 Å². The van der Waals surface area contributed by atoms with E-state index >= 15 is 0 Å². The predicted octanol–water partition coefficient (Wildman–Crippen LogP) is 4.74. The fraction of sp³-hybridized carbons (Fsp3) is 0.545. The molecule has 0 aromatic heterocycles. The molecule has 0 spiro atoms. The normalized spacial score (nSPS) is 39.4. The molecule has 4 rings (SSSR count). The lowest BCUT2D eigenvalue weighted by Crippen LogP contribution is -2.58. The number of phenols is 1. The first-order valence-electron chi connectivity index (χ1n) is 9.35. The third kappa shape index (κ3) is 2.15. The number of rotatable bonds is 1. The zero-order chi connectivity index (χ0) is 17.8. The fourth-order valence-electron chi connectivity index (χ4n) is 6.16. The molecular weight excluding hydrogens is 332 g/mol. The smallest absolute Gasteiger partial charge is 0.166 e. The average molecular weight is 357 g/mol. The SMILES string of the molecule is C#C[C@]1(O)C(Cl)=CC[C@H]2[C@@H]3CCc4cc(O)ccc4[C@H]3CC[C@@]21CC. The molecule has 2 nitrogen and oxygen atoms in total. The van der Waals surface area contributed by atoms with Gasteiger partial charge in [0.05, 0.1) is 5.03 Å². The Morgan fingerprint density at radius 2 is 2.16 bits per heavy atom. The van der Waals surface area contributed by atoms with E-state index in [0.29, 0.717) is 28.5 Å². The molecule has 25 heavy (non-hydrogen) atoms. The van der Waals surface area contributed by atoms with Gasteiger partial charge in [0.15, 0.2) is 5.60 Å². The van der Waals surface area contributed by atoms with Crippen LogP contribution in [-0.2, 0) is 6.42 Å². The Morgan fingerprint density at radius 3 is 2.88 bits per heavy atom. The summed E-state index contributed by atoms with van der Waals surface area (Å²) in [5.41, 5.74) is 0.987. The molecule has 0 amide bonds. The molecule has 0 bridgehead atoms. The number of aromatic hydroxyl groups is 1. The molecule has 3 aliphatic carbocycles. The third-order valence-corrected chi connectivity index (χ3v) is 7.80. The van der Waals surface area contributed by atoms with Crippen LogP contribution >= 0.6 is 11.6 Å². The van der Waals surface area contributed by atoms with E-state index in [2.05, 4.69) is 18.9 Å². The van der Waals surface area contributed by atoms with E-state index in [4.69, 9.17) is 18.0 Å². The summed E-state index contributed by atoms with van der Waals surface area (Å²) in [4.78, 5) is 0. The van der Waals surface area contributed by atoms with Crippen LogP contribution in [0, 0.1) is 29.6 Å². The zero-order valence-corrected chi connectivity index (χ0v) is 15.4. The van der Waals surface area contributed by atoms with Gasteiger partial charge in [0, 0.05) is 5.41 Å². The molecule has 5 atom stereocenters. The second-order valence-electron chi connectivity index (χ2n) is 7.99. The maximum absolute atomic E-state index is 11.3. The van der Waals surface area contributed by atoms with Crippen molar-refractivity contribution in [3.63, 3.8) is 0 Å². The van der Waals surface area contributed by atoms with Gasteiger partial charge in [0.25, 0.3) is 0 Å². The summed E-state index contributed by atoms with van der Waals surface area (Å²) in [6.07, 6.45) is 13.5. The van der Waals surface area contributed by atoms with Crippen molar-refractivity contribution in [2.75, 3.05) is 0 Å². The zero-order valence-electron chi connectivity index (χ0n) is 14.6.